The molecule has 2 atom stereocenters. The summed E-state index contributed by atoms with van der Waals surface area (Å²) in [5.74, 6) is -1.27. The first kappa shape index (κ1) is 41.7. The highest BCUT2D eigenvalue weighted by Gasteiger charge is 2.21. The number of carboxylic acids is 1. The summed E-state index contributed by atoms with van der Waals surface area (Å²) in [4.78, 5) is 23.1. The predicted molar refractivity (Wildman–Crippen MR) is 148 cm³/mol. The molecular formula is C23H52Cl2N2O7Si. The molecule has 0 aromatic heterocycles. The van der Waals surface area contributed by atoms with Gasteiger partial charge in [-0.25, -0.2) is 4.84 Å². The fourth-order valence-corrected chi connectivity index (χ4v) is 1.88. The van der Waals surface area contributed by atoms with Gasteiger partial charge in [-0.3, -0.25) is 9.59 Å². The summed E-state index contributed by atoms with van der Waals surface area (Å²) in [6.07, 6.45) is 4.35. The molecule has 2 saturated heterocycles. The lowest BCUT2D eigenvalue weighted by Gasteiger charge is -2.23. The monoisotopic (exact) mass is 566 g/mol. The molecule has 2 aliphatic rings. The topological polar surface area (TPSA) is 140 Å². The summed E-state index contributed by atoms with van der Waals surface area (Å²) in [6, 6.07) is -1.19. The van der Waals surface area contributed by atoms with E-state index in [4.69, 9.17) is 53.0 Å². The zero-order chi connectivity index (χ0) is 27.2. The molecular weight excluding hydrogens is 515 g/mol. The van der Waals surface area contributed by atoms with E-state index >= 15 is 0 Å². The summed E-state index contributed by atoms with van der Waals surface area (Å²) in [5.41, 5.74) is 4.84. The van der Waals surface area contributed by atoms with Crippen LogP contribution < -0.4 is 10.6 Å². The number of nitrogens with one attached hydrogen (secondary N) is 1. The molecule has 0 spiro atoms. The molecule has 214 valence electrons. The van der Waals surface area contributed by atoms with Crippen LogP contribution in [0.25, 0.3) is 0 Å². The van der Waals surface area contributed by atoms with Crippen molar-refractivity contribution in [2.24, 2.45) is 5.73 Å². The average molecular weight is 568 g/mol. The molecule has 0 aromatic rings. The van der Waals surface area contributed by atoms with Crippen LogP contribution in [0.3, 0.4) is 0 Å². The Morgan fingerprint density at radius 3 is 1.60 bits per heavy atom. The van der Waals surface area contributed by atoms with E-state index in [-0.39, 0.29) is 25.6 Å². The normalized spacial score (nSPS) is 17.5. The Morgan fingerprint density at radius 1 is 1.06 bits per heavy atom. The maximum Gasteiger partial charge on any atom is 0.324 e. The van der Waals surface area contributed by atoms with Crippen molar-refractivity contribution in [1.82, 2.24) is 4.84 Å². The van der Waals surface area contributed by atoms with Crippen LogP contribution in [-0.4, -0.2) is 80.3 Å². The number of nitrogens with two attached hydrogens (primary N) is 1. The third-order valence-electron chi connectivity index (χ3n) is 3.55. The standard InChI is InChI=1S/C8H14ClNO3.C5H10O2.C3H9ClSi.C3H7NO2.C3H8.CH4/c1-6(10-9)8(11)13-7-2-4-12-5-3-7;6-5-1-3-7-4-2-5;1-5(2,3)4;1-2(4)3(5)6;1-3-2;/h6-7,10H,2-5H2,1H3;5-6H,1-4H2;1-3H3;2H,4H2,1H3,(H,5,6);3H2,1-2H3;1H4/t6-;;;2-;;/m0..0../s1. The lowest BCUT2D eigenvalue weighted by Crippen LogP contribution is -2.34. The number of rotatable bonds is 4. The minimum absolute atomic E-state index is 0. The van der Waals surface area contributed by atoms with Crippen molar-refractivity contribution in [2.75, 3.05) is 26.4 Å². The SMILES string of the molecule is C.CCC.C[C@H](N)C(=O)O.C[C@H](NCl)C(=O)OC1CCOCC1.C[Si](C)(C)Cl.OC1CCOCC1. The number of carboxylic acid groups (broad SMARTS) is 1. The molecule has 0 aromatic carbocycles. The maximum absolute atomic E-state index is 11.2. The number of hydrogen-bond acceptors (Lipinski definition) is 8. The van der Waals surface area contributed by atoms with Crippen molar-refractivity contribution in [1.29, 1.82) is 0 Å². The third kappa shape index (κ3) is 38.2. The first-order chi connectivity index (χ1) is 15.7. The average Bonchev–Trinajstić information content (AvgIpc) is 2.74. The second-order valence-corrected chi connectivity index (χ2v) is 16.6. The van der Waals surface area contributed by atoms with Crippen LogP contribution >= 0.6 is 22.9 Å². The van der Waals surface area contributed by atoms with Crippen LogP contribution in [-0.2, 0) is 23.8 Å². The summed E-state index contributed by atoms with van der Waals surface area (Å²) in [7, 11) is -1.14. The van der Waals surface area contributed by atoms with Gasteiger partial charge in [0.25, 0.3) is 0 Å². The van der Waals surface area contributed by atoms with Gasteiger partial charge in [0.15, 0.2) is 0 Å². The Hall–Kier alpha value is -0.463. The number of aliphatic carboxylic acids is 1. The number of carbonyl (C=O) groups excluding carboxylic acids is 1. The van der Waals surface area contributed by atoms with Crippen molar-refractivity contribution in [3.05, 3.63) is 0 Å². The molecule has 2 rings (SSSR count). The minimum Gasteiger partial charge on any atom is -0.480 e. The second kappa shape index (κ2) is 26.6. The Balaban J connectivity index is -0.000000187. The van der Waals surface area contributed by atoms with Gasteiger partial charge in [-0.05, 0) is 38.5 Å². The Bertz CT molecular complexity index is 481. The number of esters is 1. The molecule has 0 radical (unpaired) electrons. The molecule has 12 heteroatoms. The van der Waals surface area contributed by atoms with E-state index in [0.29, 0.717) is 13.2 Å². The van der Waals surface area contributed by atoms with Crippen LogP contribution in [0.1, 0.15) is 67.2 Å². The van der Waals surface area contributed by atoms with E-state index in [0.717, 1.165) is 38.9 Å². The van der Waals surface area contributed by atoms with Crippen LogP contribution in [0.15, 0.2) is 0 Å². The zero-order valence-electron chi connectivity index (χ0n) is 21.9. The van der Waals surface area contributed by atoms with Crippen molar-refractivity contribution >= 4 is 42.2 Å². The van der Waals surface area contributed by atoms with Gasteiger partial charge in [-0.15, -0.1) is 0 Å². The van der Waals surface area contributed by atoms with Gasteiger partial charge in [-0.2, -0.15) is 11.1 Å². The smallest absolute Gasteiger partial charge is 0.324 e. The Kier molecular flexibility index (Phi) is 31.7. The molecule has 35 heavy (non-hydrogen) atoms. The Labute approximate surface area is 224 Å². The van der Waals surface area contributed by atoms with Crippen LogP contribution in [0, 0.1) is 0 Å². The van der Waals surface area contributed by atoms with E-state index in [9.17, 15) is 9.59 Å². The van der Waals surface area contributed by atoms with Gasteiger partial charge in [-0.1, -0.05) is 47.3 Å². The fourth-order valence-electron chi connectivity index (χ4n) is 1.79. The number of ether oxygens (including phenoxy) is 3. The van der Waals surface area contributed by atoms with Crippen molar-refractivity contribution in [3.63, 3.8) is 0 Å². The summed E-state index contributed by atoms with van der Waals surface area (Å²) in [6.45, 7) is 16.4. The van der Waals surface area contributed by atoms with E-state index < -0.39 is 25.4 Å². The molecule has 2 fully saturated rings. The molecule has 2 aliphatic heterocycles. The van der Waals surface area contributed by atoms with E-state index in [1.807, 2.05) is 0 Å². The highest BCUT2D eigenvalue weighted by atomic mass is 35.6. The number of hydrogen-bond donors (Lipinski definition) is 4. The molecule has 0 amide bonds. The fraction of sp³-hybridized carbons (Fsp3) is 0.913. The number of carbonyl (C=O) groups is 2. The van der Waals surface area contributed by atoms with Crippen LogP contribution in [0.5, 0.6) is 0 Å². The van der Waals surface area contributed by atoms with Gasteiger partial charge in [0, 0.05) is 26.1 Å². The Morgan fingerprint density at radius 2 is 1.37 bits per heavy atom. The summed E-state index contributed by atoms with van der Waals surface area (Å²) >= 11 is 11.0. The van der Waals surface area contributed by atoms with Crippen molar-refractivity contribution in [3.8, 4) is 0 Å². The number of aliphatic hydroxyl groups is 1. The van der Waals surface area contributed by atoms with E-state index in [2.05, 4.69) is 38.3 Å². The maximum atomic E-state index is 11.2. The van der Waals surface area contributed by atoms with Crippen molar-refractivity contribution in [2.45, 2.75) is 111 Å². The van der Waals surface area contributed by atoms with Gasteiger partial charge < -0.3 is 30.2 Å². The van der Waals surface area contributed by atoms with Gasteiger partial charge in [0.1, 0.15) is 25.6 Å². The first-order valence-corrected chi connectivity index (χ1v) is 16.7. The van der Waals surface area contributed by atoms with Gasteiger partial charge >= 0.3 is 11.9 Å². The third-order valence-corrected chi connectivity index (χ3v) is 3.88. The highest BCUT2D eigenvalue weighted by molar-refractivity contribution is 7.18. The molecule has 0 aliphatic carbocycles. The van der Waals surface area contributed by atoms with Crippen LogP contribution in [0.4, 0.5) is 0 Å². The summed E-state index contributed by atoms with van der Waals surface area (Å²) < 4.78 is 15.3. The second-order valence-electron chi connectivity index (χ2n) is 8.82. The summed E-state index contributed by atoms with van der Waals surface area (Å²) in [5, 5.41) is 16.7. The highest BCUT2D eigenvalue weighted by Crippen LogP contribution is 2.11. The quantitative estimate of drug-likeness (QED) is 0.167. The largest absolute Gasteiger partial charge is 0.480 e. The first-order valence-electron chi connectivity index (χ1n) is 11.8. The van der Waals surface area contributed by atoms with E-state index in [1.54, 1.807) is 6.92 Å². The molecule has 2 heterocycles. The van der Waals surface area contributed by atoms with Crippen molar-refractivity contribution < 1.29 is 34.0 Å². The lowest BCUT2D eigenvalue weighted by atomic mass is 10.1. The molecule has 0 saturated carbocycles. The van der Waals surface area contributed by atoms with Gasteiger partial charge in [0.2, 0.25) is 0 Å². The zero-order valence-corrected chi connectivity index (χ0v) is 24.5. The van der Waals surface area contributed by atoms with Crippen LogP contribution in [0.2, 0.25) is 19.6 Å². The van der Waals surface area contributed by atoms with Gasteiger partial charge in [0.05, 0.1) is 19.3 Å². The molecule has 9 nitrogen and oxygen atoms in total. The number of halogens is 2. The van der Waals surface area contributed by atoms with E-state index in [1.165, 1.54) is 13.3 Å². The molecule has 5 N–H and O–H groups in total. The lowest BCUT2D eigenvalue weighted by molar-refractivity contribution is -0.154. The predicted octanol–water partition coefficient (Wildman–Crippen LogP) is 4.53. The molecule has 0 unspecified atom stereocenters. The minimum atomic E-state index is -1.14. The number of aliphatic hydroxyl groups excluding tert-OH is 1. The molecule has 0 bridgehead atoms.